The third-order valence-electron chi connectivity index (χ3n) is 2.79. The third-order valence-corrected chi connectivity index (χ3v) is 2.79. The number of hydrogen-bond donors (Lipinski definition) is 1. The molecule has 1 aliphatic rings. The lowest BCUT2D eigenvalue weighted by atomic mass is 10.2. The van der Waals surface area contributed by atoms with Gasteiger partial charge in [-0.25, -0.2) is 14.5 Å². The van der Waals surface area contributed by atoms with Crippen LogP contribution in [0, 0.1) is 10.1 Å². The summed E-state index contributed by atoms with van der Waals surface area (Å²) >= 11 is 0. The highest BCUT2D eigenvalue weighted by atomic mass is 16.6. The molecule has 2 rings (SSSR count). The van der Waals surface area contributed by atoms with Gasteiger partial charge in [-0.05, 0) is 5.56 Å². The fourth-order valence-corrected chi connectivity index (χ4v) is 1.62. The van der Waals surface area contributed by atoms with Gasteiger partial charge in [-0.2, -0.15) is 0 Å². The van der Waals surface area contributed by atoms with E-state index in [9.17, 15) is 19.7 Å². The molecule has 1 saturated heterocycles. The van der Waals surface area contributed by atoms with E-state index in [1.165, 1.54) is 0 Å². The molecule has 0 bridgehead atoms. The zero-order valence-electron chi connectivity index (χ0n) is 9.68. The predicted molar refractivity (Wildman–Crippen MR) is 60.7 cm³/mol. The zero-order chi connectivity index (χ0) is 14.0. The maximum absolute atomic E-state index is 11.5. The van der Waals surface area contributed by atoms with Gasteiger partial charge in [0.2, 0.25) is 0 Å². The maximum Gasteiger partial charge on any atom is 0.416 e. The van der Waals surface area contributed by atoms with Gasteiger partial charge < -0.3 is 9.84 Å². The van der Waals surface area contributed by atoms with Crippen LogP contribution in [0.2, 0.25) is 0 Å². The zero-order valence-corrected chi connectivity index (χ0v) is 9.68. The molecule has 1 aromatic carbocycles. The molecular weight excluding hydrogens is 256 g/mol. The van der Waals surface area contributed by atoms with E-state index in [1.54, 1.807) is 30.3 Å². The minimum Gasteiger partial charge on any atom is -0.474 e. The van der Waals surface area contributed by atoms with Crippen molar-refractivity contribution in [3.8, 4) is 0 Å². The molecule has 0 radical (unpaired) electrons. The number of carboxylic acid groups (broad SMARTS) is 1. The van der Waals surface area contributed by atoms with E-state index in [4.69, 9.17) is 9.84 Å². The normalized spacial score (nSPS) is 20.7. The summed E-state index contributed by atoms with van der Waals surface area (Å²) < 4.78 is 4.83. The Bertz CT molecular complexity index is 515. The number of ether oxygens (including phenoxy) is 1. The molecule has 1 heterocycles. The Balaban J connectivity index is 1.96. The number of benzene rings is 1. The minimum atomic E-state index is -2.37. The number of carbonyl (C=O) groups is 2. The number of amides is 1. The van der Waals surface area contributed by atoms with Gasteiger partial charge in [0.15, 0.2) is 0 Å². The van der Waals surface area contributed by atoms with Crippen LogP contribution < -0.4 is 0 Å². The molecule has 19 heavy (non-hydrogen) atoms. The van der Waals surface area contributed by atoms with Crippen molar-refractivity contribution < 1.29 is 24.4 Å². The molecule has 0 aliphatic carbocycles. The fraction of sp³-hybridized carbons (Fsp3) is 0.273. The van der Waals surface area contributed by atoms with E-state index in [0.29, 0.717) is 10.5 Å². The number of nitro groups is 1. The maximum atomic E-state index is 11.5. The van der Waals surface area contributed by atoms with Crippen molar-refractivity contribution in [2.24, 2.45) is 0 Å². The molecule has 8 nitrogen and oxygen atoms in total. The summed E-state index contributed by atoms with van der Waals surface area (Å²) in [6, 6.07) is 8.72. The Morgan fingerprint density at radius 1 is 1.42 bits per heavy atom. The summed E-state index contributed by atoms with van der Waals surface area (Å²) in [5, 5.41) is 19.5. The van der Waals surface area contributed by atoms with Crippen molar-refractivity contribution in [1.82, 2.24) is 4.90 Å². The highest BCUT2D eigenvalue weighted by molar-refractivity contribution is 5.88. The van der Waals surface area contributed by atoms with Gasteiger partial charge >= 0.3 is 17.7 Å². The minimum absolute atomic E-state index is 0.0659. The van der Waals surface area contributed by atoms with E-state index in [2.05, 4.69) is 0 Å². The molecule has 1 aliphatic heterocycles. The Labute approximate surface area is 107 Å². The lowest BCUT2D eigenvalue weighted by Gasteiger charge is -2.07. The standard InChI is InChI=1S/C11H10N2O6/c14-9(15)11(13(17)18)7-12(11)10(16)19-6-8-4-2-1-3-5-8/h1-5H,6-7H2,(H,14,15). The smallest absolute Gasteiger partial charge is 0.416 e. The largest absolute Gasteiger partial charge is 0.474 e. The van der Waals surface area contributed by atoms with Crippen LogP contribution in [0.15, 0.2) is 30.3 Å². The van der Waals surface area contributed by atoms with Crippen LogP contribution in [0.3, 0.4) is 0 Å². The fourth-order valence-electron chi connectivity index (χ4n) is 1.62. The van der Waals surface area contributed by atoms with Crippen LogP contribution in [-0.2, 0) is 16.1 Å². The molecule has 1 unspecified atom stereocenters. The van der Waals surface area contributed by atoms with Crippen molar-refractivity contribution in [1.29, 1.82) is 0 Å². The second-order valence-corrected chi connectivity index (χ2v) is 4.01. The van der Waals surface area contributed by atoms with Crippen LogP contribution in [0.1, 0.15) is 5.56 Å². The summed E-state index contributed by atoms with van der Waals surface area (Å²) in [7, 11) is 0. The highest BCUT2D eigenvalue weighted by Gasteiger charge is 2.75. The first-order valence-corrected chi connectivity index (χ1v) is 5.34. The summed E-state index contributed by atoms with van der Waals surface area (Å²) in [5.74, 6) is -1.67. The van der Waals surface area contributed by atoms with Gasteiger partial charge in [-0.1, -0.05) is 30.3 Å². The van der Waals surface area contributed by atoms with E-state index < -0.39 is 29.2 Å². The predicted octanol–water partition coefficient (Wildman–Crippen LogP) is 0.696. The number of hydrogen-bond acceptors (Lipinski definition) is 5. The van der Waals surface area contributed by atoms with Crippen molar-refractivity contribution in [2.75, 3.05) is 6.54 Å². The van der Waals surface area contributed by atoms with Gasteiger partial charge in [-0.15, -0.1) is 0 Å². The number of carboxylic acids is 1. The monoisotopic (exact) mass is 266 g/mol. The SMILES string of the molecule is O=C(OCc1ccccc1)N1CC1(C(=O)O)[N+](=O)[O-]. The van der Waals surface area contributed by atoms with Gasteiger partial charge in [0.25, 0.3) is 0 Å². The number of nitrogens with zero attached hydrogens (tertiary/aromatic N) is 2. The molecule has 1 fully saturated rings. The average molecular weight is 266 g/mol. The molecule has 8 heteroatoms. The number of rotatable bonds is 4. The van der Waals surface area contributed by atoms with Gasteiger partial charge in [0.1, 0.15) is 13.2 Å². The number of aliphatic carboxylic acids is 1. The van der Waals surface area contributed by atoms with Gasteiger partial charge in [-0.3, -0.25) is 10.1 Å². The molecule has 1 aromatic rings. The van der Waals surface area contributed by atoms with Crippen LogP contribution in [0.25, 0.3) is 0 Å². The van der Waals surface area contributed by atoms with Crippen molar-refractivity contribution in [3.05, 3.63) is 46.0 Å². The Morgan fingerprint density at radius 3 is 2.53 bits per heavy atom. The lowest BCUT2D eigenvalue weighted by Crippen LogP contribution is -2.39. The van der Waals surface area contributed by atoms with E-state index >= 15 is 0 Å². The molecule has 0 saturated carbocycles. The topological polar surface area (TPSA) is 110 Å². The van der Waals surface area contributed by atoms with Gasteiger partial charge in [0.05, 0.1) is 4.92 Å². The van der Waals surface area contributed by atoms with Crippen LogP contribution in [-0.4, -0.2) is 39.2 Å². The summed E-state index contributed by atoms with van der Waals surface area (Å²) in [4.78, 5) is 32.6. The second-order valence-electron chi connectivity index (χ2n) is 4.01. The molecule has 100 valence electrons. The Kier molecular flexibility index (Phi) is 3.07. The van der Waals surface area contributed by atoms with E-state index in [-0.39, 0.29) is 6.61 Å². The van der Waals surface area contributed by atoms with E-state index in [0.717, 1.165) is 0 Å². The molecular formula is C11H10N2O6. The first-order chi connectivity index (χ1) is 8.98. The molecule has 1 atom stereocenters. The van der Waals surface area contributed by atoms with Crippen LogP contribution >= 0.6 is 0 Å². The average Bonchev–Trinajstić information content (AvgIpc) is 3.14. The van der Waals surface area contributed by atoms with Crippen molar-refractivity contribution in [2.45, 2.75) is 12.3 Å². The molecule has 0 aromatic heterocycles. The lowest BCUT2D eigenvalue weighted by molar-refractivity contribution is -0.534. The van der Waals surface area contributed by atoms with Gasteiger partial charge in [0, 0.05) is 0 Å². The summed E-state index contributed by atoms with van der Waals surface area (Å²) in [6.45, 7) is -0.549. The molecule has 0 spiro atoms. The molecule has 1 N–H and O–H groups in total. The van der Waals surface area contributed by atoms with Crippen molar-refractivity contribution in [3.63, 3.8) is 0 Å². The van der Waals surface area contributed by atoms with Crippen molar-refractivity contribution >= 4 is 12.1 Å². The first kappa shape index (κ1) is 12.8. The highest BCUT2D eigenvalue weighted by Crippen LogP contribution is 2.34. The quantitative estimate of drug-likeness (QED) is 0.488. The van der Waals surface area contributed by atoms with Crippen LogP contribution in [0.5, 0.6) is 0 Å². The van der Waals surface area contributed by atoms with E-state index in [1.807, 2.05) is 0 Å². The third kappa shape index (κ3) is 2.19. The Hall–Kier alpha value is -2.64. The second kappa shape index (κ2) is 4.56. The first-order valence-electron chi connectivity index (χ1n) is 5.34. The van der Waals surface area contributed by atoms with Crippen LogP contribution in [0.4, 0.5) is 4.79 Å². The Morgan fingerprint density at radius 2 is 2.05 bits per heavy atom. The molecule has 1 amide bonds. The number of carbonyl (C=O) groups excluding carboxylic acids is 1. The summed E-state index contributed by atoms with van der Waals surface area (Å²) in [5.41, 5.74) is -1.66. The summed E-state index contributed by atoms with van der Waals surface area (Å²) in [6.07, 6.45) is -1.01.